The van der Waals surface area contributed by atoms with E-state index < -0.39 is 23.9 Å². The third-order valence-electron chi connectivity index (χ3n) is 6.12. The highest BCUT2D eigenvalue weighted by atomic mass is 19.1. The van der Waals surface area contributed by atoms with Crippen molar-refractivity contribution in [2.75, 3.05) is 23.4 Å². The largest absolute Gasteiger partial charge is 0.455 e. The fourth-order valence-corrected chi connectivity index (χ4v) is 4.53. The lowest BCUT2D eigenvalue weighted by Crippen LogP contribution is -2.36. The highest BCUT2D eigenvalue weighted by molar-refractivity contribution is 6.02. The van der Waals surface area contributed by atoms with Crippen molar-refractivity contribution in [1.82, 2.24) is 0 Å². The zero-order valence-electron chi connectivity index (χ0n) is 17.2. The van der Waals surface area contributed by atoms with Crippen LogP contribution in [0.15, 0.2) is 48.5 Å². The number of benzene rings is 2. The van der Waals surface area contributed by atoms with Crippen LogP contribution in [0.25, 0.3) is 0 Å². The number of nitrogens with zero attached hydrogens (tertiary/aromatic N) is 1. The Bertz CT molecular complexity index is 983. The zero-order chi connectivity index (χ0) is 21.8. The molecule has 1 aliphatic carbocycles. The Kier molecular flexibility index (Phi) is 6.02. The van der Waals surface area contributed by atoms with Crippen molar-refractivity contribution in [3.05, 3.63) is 59.9 Å². The SMILES string of the molecule is O=C(COC(=O)C1(c2ccc(F)cc2)CCCC1)Nc1ccccc1N1CCCC1=O. The van der Waals surface area contributed by atoms with E-state index in [9.17, 15) is 18.8 Å². The van der Waals surface area contributed by atoms with Crippen LogP contribution in [-0.2, 0) is 24.5 Å². The lowest BCUT2D eigenvalue weighted by Gasteiger charge is -2.27. The van der Waals surface area contributed by atoms with Gasteiger partial charge in [-0.3, -0.25) is 14.4 Å². The average Bonchev–Trinajstić information content (AvgIpc) is 3.43. The van der Waals surface area contributed by atoms with Crippen molar-refractivity contribution in [2.45, 2.75) is 43.9 Å². The van der Waals surface area contributed by atoms with Gasteiger partial charge in [0.15, 0.2) is 6.61 Å². The minimum atomic E-state index is -0.839. The molecule has 2 aliphatic rings. The van der Waals surface area contributed by atoms with Crippen LogP contribution >= 0.6 is 0 Å². The molecular weight excluding hydrogens is 399 g/mol. The predicted octanol–water partition coefficient (Wildman–Crippen LogP) is 3.95. The Morgan fingerprint density at radius 1 is 1.03 bits per heavy atom. The summed E-state index contributed by atoms with van der Waals surface area (Å²) in [5.74, 6) is -1.27. The molecule has 7 heteroatoms. The van der Waals surface area contributed by atoms with Crippen molar-refractivity contribution in [1.29, 1.82) is 0 Å². The average molecular weight is 424 g/mol. The molecule has 0 radical (unpaired) electrons. The fraction of sp³-hybridized carbons (Fsp3) is 0.375. The Morgan fingerprint density at radius 2 is 1.74 bits per heavy atom. The van der Waals surface area contributed by atoms with Crippen LogP contribution in [0.4, 0.5) is 15.8 Å². The summed E-state index contributed by atoms with van der Waals surface area (Å²) in [7, 11) is 0. The van der Waals surface area contributed by atoms with Crippen molar-refractivity contribution < 1.29 is 23.5 Å². The van der Waals surface area contributed by atoms with E-state index in [0.29, 0.717) is 37.2 Å². The molecule has 2 fully saturated rings. The quantitative estimate of drug-likeness (QED) is 0.713. The smallest absolute Gasteiger partial charge is 0.317 e. The first-order chi connectivity index (χ1) is 15.0. The van der Waals surface area contributed by atoms with E-state index in [-0.39, 0.29) is 11.7 Å². The first kappa shape index (κ1) is 21.0. The molecule has 0 aromatic heterocycles. The number of anilines is 2. The summed E-state index contributed by atoms with van der Waals surface area (Å²) in [6.45, 7) is 0.185. The van der Waals surface area contributed by atoms with Gasteiger partial charge < -0.3 is 15.0 Å². The van der Waals surface area contributed by atoms with Gasteiger partial charge in [0.25, 0.3) is 5.91 Å². The van der Waals surface area contributed by atoms with E-state index >= 15 is 0 Å². The number of nitrogens with one attached hydrogen (secondary N) is 1. The molecule has 2 amide bonds. The molecule has 1 aliphatic heterocycles. The number of esters is 1. The van der Waals surface area contributed by atoms with E-state index in [0.717, 1.165) is 24.8 Å². The van der Waals surface area contributed by atoms with Gasteiger partial charge in [-0.15, -0.1) is 0 Å². The summed E-state index contributed by atoms with van der Waals surface area (Å²) in [4.78, 5) is 39.2. The van der Waals surface area contributed by atoms with Gasteiger partial charge in [0.2, 0.25) is 5.91 Å². The minimum Gasteiger partial charge on any atom is -0.455 e. The summed E-state index contributed by atoms with van der Waals surface area (Å²) in [5, 5.41) is 2.75. The number of para-hydroxylation sites is 2. The molecule has 1 saturated heterocycles. The van der Waals surface area contributed by atoms with Crippen molar-refractivity contribution in [3.8, 4) is 0 Å². The van der Waals surface area contributed by atoms with Crippen LogP contribution in [0.5, 0.6) is 0 Å². The number of amides is 2. The predicted molar refractivity (Wildman–Crippen MR) is 114 cm³/mol. The molecule has 4 rings (SSSR count). The van der Waals surface area contributed by atoms with Crippen molar-refractivity contribution in [2.24, 2.45) is 0 Å². The highest BCUT2D eigenvalue weighted by Crippen LogP contribution is 2.42. The molecule has 1 heterocycles. The molecule has 0 spiro atoms. The van der Waals surface area contributed by atoms with Crippen LogP contribution in [-0.4, -0.2) is 30.9 Å². The first-order valence-electron chi connectivity index (χ1n) is 10.6. The third-order valence-corrected chi connectivity index (χ3v) is 6.12. The Balaban J connectivity index is 1.42. The molecule has 2 aromatic carbocycles. The van der Waals surface area contributed by atoms with E-state index in [4.69, 9.17) is 4.74 Å². The lowest BCUT2D eigenvalue weighted by molar-refractivity contribution is -0.153. The summed E-state index contributed by atoms with van der Waals surface area (Å²) < 4.78 is 18.7. The Labute approximate surface area is 180 Å². The van der Waals surface area contributed by atoms with Gasteiger partial charge in [0.1, 0.15) is 5.82 Å². The zero-order valence-corrected chi connectivity index (χ0v) is 17.2. The molecule has 0 bridgehead atoms. The van der Waals surface area contributed by atoms with Crippen LogP contribution < -0.4 is 10.2 Å². The molecule has 31 heavy (non-hydrogen) atoms. The molecule has 0 atom stereocenters. The second kappa shape index (κ2) is 8.88. The van der Waals surface area contributed by atoms with Gasteiger partial charge in [0, 0.05) is 13.0 Å². The Hall–Kier alpha value is -3.22. The van der Waals surface area contributed by atoms with E-state index in [2.05, 4.69) is 5.32 Å². The van der Waals surface area contributed by atoms with Gasteiger partial charge in [-0.1, -0.05) is 37.1 Å². The lowest BCUT2D eigenvalue weighted by atomic mass is 9.79. The molecule has 162 valence electrons. The number of rotatable bonds is 6. The normalized spacial score (nSPS) is 17.6. The molecule has 0 unspecified atom stereocenters. The highest BCUT2D eigenvalue weighted by Gasteiger charge is 2.44. The number of halogens is 1. The number of carbonyl (C=O) groups excluding carboxylic acids is 3. The van der Waals surface area contributed by atoms with Crippen LogP contribution in [0, 0.1) is 5.82 Å². The third kappa shape index (κ3) is 4.31. The number of carbonyl (C=O) groups is 3. The first-order valence-corrected chi connectivity index (χ1v) is 10.6. The van der Waals surface area contributed by atoms with Gasteiger partial charge in [0.05, 0.1) is 16.8 Å². The fourth-order valence-electron chi connectivity index (χ4n) is 4.53. The van der Waals surface area contributed by atoms with Crippen LogP contribution in [0.1, 0.15) is 44.1 Å². The van der Waals surface area contributed by atoms with E-state index in [1.54, 1.807) is 35.2 Å². The number of ether oxygens (including phenoxy) is 1. The van der Waals surface area contributed by atoms with Crippen molar-refractivity contribution in [3.63, 3.8) is 0 Å². The molecule has 2 aromatic rings. The molecule has 1 N–H and O–H groups in total. The summed E-state index contributed by atoms with van der Waals surface area (Å²) in [5.41, 5.74) is 1.03. The van der Waals surface area contributed by atoms with Gasteiger partial charge in [-0.05, 0) is 49.1 Å². The Morgan fingerprint density at radius 3 is 2.42 bits per heavy atom. The second-order valence-electron chi connectivity index (χ2n) is 8.09. The molecular formula is C24H25FN2O4. The van der Waals surface area contributed by atoms with Gasteiger partial charge in [-0.25, -0.2) is 4.39 Å². The number of hydrogen-bond donors (Lipinski definition) is 1. The molecule has 6 nitrogen and oxygen atoms in total. The summed E-state index contributed by atoms with van der Waals surface area (Å²) in [6, 6.07) is 13.0. The van der Waals surface area contributed by atoms with Gasteiger partial charge >= 0.3 is 5.97 Å². The number of hydrogen-bond acceptors (Lipinski definition) is 4. The minimum absolute atomic E-state index is 0.0237. The van der Waals surface area contributed by atoms with Crippen LogP contribution in [0.2, 0.25) is 0 Å². The van der Waals surface area contributed by atoms with Crippen LogP contribution in [0.3, 0.4) is 0 Å². The van der Waals surface area contributed by atoms with Gasteiger partial charge in [-0.2, -0.15) is 0 Å². The monoisotopic (exact) mass is 424 g/mol. The maximum atomic E-state index is 13.3. The standard InChI is InChI=1S/C24H25FN2O4/c25-18-11-9-17(10-12-18)24(13-3-4-14-24)23(30)31-16-21(28)26-19-6-1-2-7-20(19)27-15-5-8-22(27)29/h1-2,6-7,9-12H,3-5,8,13-16H2,(H,26,28). The second-order valence-corrected chi connectivity index (χ2v) is 8.09. The maximum Gasteiger partial charge on any atom is 0.317 e. The maximum absolute atomic E-state index is 13.3. The van der Waals surface area contributed by atoms with E-state index in [1.807, 2.05) is 6.07 Å². The summed E-state index contributed by atoms with van der Waals surface area (Å²) >= 11 is 0. The molecule has 1 saturated carbocycles. The van der Waals surface area contributed by atoms with Crippen molar-refractivity contribution >= 4 is 29.2 Å². The topological polar surface area (TPSA) is 75.7 Å². The summed E-state index contributed by atoms with van der Waals surface area (Å²) in [6.07, 6.45) is 4.24. The van der Waals surface area contributed by atoms with E-state index in [1.165, 1.54) is 12.1 Å².